The van der Waals surface area contributed by atoms with Crippen LogP contribution in [0.15, 0.2) is 78.9 Å². The van der Waals surface area contributed by atoms with Crippen LogP contribution in [0.25, 0.3) is 0 Å². The number of anilines is 1. The minimum atomic E-state index is -0.903. The highest BCUT2D eigenvalue weighted by molar-refractivity contribution is 5.92. The van der Waals surface area contributed by atoms with E-state index in [2.05, 4.69) is 15.1 Å². The monoisotopic (exact) mass is 459 g/mol. The first-order valence-electron chi connectivity index (χ1n) is 11.3. The molecule has 3 aromatic rings. The fourth-order valence-corrected chi connectivity index (χ4v) is 4.21. The van der Waals surface area contributed by atoms with E-state index in [4.69, 9.17) is 4.74 Å². The smallest absolute Gasteiger partial charge is 0.336 e. The average molecular weight is 460 g/mol. The van der Waals surface area contributed by atoms with Crippen molar-refractivity contribution in [3.05, 3.63) is 90.0 Å². The Labute approximate surface area is 199 Å². The van der Waals surface area contributed by atoms with Gasteiger partial charge in [0.15, 0.2) is 0 Å². The molecule has 7 heteroatoms. The molecule has 1 atom stereocenters. The zero-order valence-electron chi connectivity index (χ0n) is 19.2. The molecule has 1 amide bonds. The van der Waals surface area contributed by atoms with E-state index in [0.717, 1.165) is 36.5 Å². The largest absolute Gasteiger partial charge is 0.478 e. The van der Waals surface area contributed by atoms with Crippen molar-refractivity contribution in [2.24, 2.45) is 0 Å². The lowest BCUT2D eigenvalue weighted by molar-refractivity contribution is -0.117. The summed E-state index contributed by atoms with van der Waals surface area (Å²) in [4.78, 5) is 28.4. The molecule has 0 bridgehead atoms. The molecule has 0 spiro atoms. The lowest BCUT2D eigenvalue weighted by Gasteiger charge is -2.24. The number of carbonyl (C=O) groups is 2. The number of para-hydroxylation sites is 1. The van der Waals surface area contributed by atoms with Crippen LogP contribution in [-0.4, -0.2) is 59.5 Å². The van der Waals surface area contributed by atoms with E-state index in [1.165, 1.54) is 0 Å². The molecule has 7 nitrogen and oxygen atoms in total. The molecule has 1 saturated heterocycles. The molecule has 1 unspecified atom stereocenters. The Morgan fingerprint density at radius 3 is 2.41 bits per heavy atom. The summed E-state index contributed by atoms with van der Waals surface area (Å²) in [5.41, 5.74) is 1.88. The maximum absolute atomic E-state index is 12.6. The molecule has 1 aliphatic heterocycles. The van der Waals surface area contributed by atoms with Crippen molar-refractivity contribution in [1.29, 1.82) is 0 Å². The van der Waals surface area contributed by atoms with Gasteiger partial charge in [0.05, 0.1) is 12.1 Å². The number of carboxylic acid groups (broad SMARTS) is 1. The molecular formula is C27H29N3O4. The van der Waals surface area contributed by atoms with E-state index in [1.807, 2.05) is 73.8 Å². The van der Waals surface area contributed by atoms with Crippen LogP contribution in [0.4, 0.5) is 5.69 Å². The van der Waals surface area contributed by atoms with Gasteiger partial charge in [-0.2, -0.15) is 0 Å². The van der Waals surface area contributed by atoms with E-state index < -0.39 is 5.97 Å². The highest BCUT2D eigenvalue weighted by Crippen LogP contribution is 2.23. The fraction of sp³-hybridized carbons (Fsp3) is 0.259. The topological polar surface area (TPSA) is 82.1 Å². The molecule has 3 aromatic carbocycles. The van der Waals surface area contributed by atoms with Gasteiger partial charge in [-0.1, -0.05) is 36.4 Å². The number of amides is 1. The maximum atomic E-state index is 12.6. The minimum absolute atomic E-state index is 0.0751. The SMILES string of the molecule is CN(CC(=O)Nc1ccc(Oc2ccccc2)cc1)C1CCN(Cc2ccccc2C(=O)O)C1. The average Bonchev–Trinajstić information content (AvgIpc) is 3.30. The van der Waals surface area contributed by atoms with Crippen LogP contribution in [0.2, 0.25) is 0 Å². The Hall–Kier alpha value is -3.68. The Bertz CT molecular complexity index is 1120. The first-order valence-corrected chi connectivity index (χ1v) is 11.3. The molecule has 2 N–H and O–H groups in total. The highest BCUT2D eigenvalue weighted by Gasteiger charge is 2.27. The van der Waals surface area contributed by atoms with Gasteiger partial charge in [-0.15, -0.1) is 0 Å². The van der Waals surface area contributed by atoms with Crippen LogP contribution < -0.4 is 10.1 Å². The standard InChI is InChI=1S/C27H29N3O4/c1-29(22-15-16-30(18-22)17-20-7-5-6-10-25(20)27(32)33)19-26(31)28-21-11-13-24(14-12-21)34-23-8-3-2-4-9-23/h2-14,22H,15-19H2,1H3,(H,28,31)(H,32,33). The van der Waals surface area contributed by atoms with Crippen molar-refractivity contribution in [3.63, 3.8) is 0 Å². The number of benzene rings is 3. The predicted molar refractivity (Wildman–Crippen MR) is 131 cm³/mol. The zero-order chi connectivity index (χ0) is 23.9. The lowest BCUT2D eigenvalue weighted by atomic mass is 10.1. The zero-order valence-corrected chi connectivity index (χ0v) is 19.2. The van der Waals surface area contributed by atoms with Crippen LogP contribution >= 0.6 is 0 Å². The van der Waals surface area contributed by atoms with Gasteiger partial charge in [-0.05, 0) is 61.5 Å². The molecule has 0 saturated carbocycles. The first kappa shape index (κ1) is 23.5. The molecule has 0 aliphatic carbocycles. The van der Waals surface area contributed by atoms with Gasteiger partial charge in [0.25, 0.3) is 0 Å². The minimum Gasteiger partial charge on any atom is -0.478 e. The second-order valence-corrected chi connectivity index (χ2v) is 8.54. The second kappa shape index (κ2) is 11.0. The number of nitrogens with one attached hydrogen (secondary N) is 1. The second-order valence-electron chi connectivity index (χ2n) is 8.54. The number of hydrogen-bond acceptors (Lipinski definition) is 5. The number of carbonyl (C=O) groups excluding carboxylic acids is 1. The molecular weight excluding hydrogens is 430 g/mol. The quantitative estimate of drug-likeness (QED) is 0.496. The summed E-state index contributed by atoms with van der Waals surface area (Å²) in [5, 5.41) is 12.3. The number of nitrogens with zero attached hydrogens (tertiary/aromatic N) is 2. The van der Waals surface area contributed by atoms with Gasteiger partial charge in [0.1, 0.15) is 11.5 Å². The van der Waals surface area contributed by atoms with E-state index in [1.54, 1.807) is 12.1 Å². The number of carboxylic acids is 1. The normalized spacial score (nSPS) is 15.9. The van der Waals surface area contributed by atoms with Crippen molar-refractivity contribution in [2.45, 2.75) is 19.0 Å². The number of rotatable bonds is 9. The third-order valence-corrected chi connectivity index (χ3v) is 6.02. The summed E-state index contributed by atoms with van der Waals surface area (Å²) in [6.45, 7) is 2.54. The summed E-state index contributed by atoms with van der Waals surface area (Å²) in [6, 6.07) is 24.2. The van der Waals surface area contributed by atoms with Gasteiger partial charge in [-0.3, -0.25) is 14.6 Å². The lowest BCUT2D eigenvalue weighted by Crippen LogP contribution is -2.39. The number of aromatic carboxylic acids is 1. The molecule has 1 fully saturated rings. The maximum Gasteiger partial charge on any atom is 0.336 e. The summed E-state index contributed by atoms with van der Waals surface area (Å²) in [6.07, 6.45) is 0.935. The molecule has 1 heterocycles. The molecule has 176 valence electrons. The van der Waals surface area contributed by atoms with Crippen LogP contribution in [0.3, 0.4) is 0 Å². The van der Waals surface area contributed by atoms with E-state index in [-0.39, 0.29) is 18.5 Å². The Morgan fingerprint density at radius 2 is 1.68 bits per heavy atom. The molecule has 0 radical (unpaired) electrons. The number of likely N-dealkylation sites (tertiary alicyclic amines) is 1. The summed E-state index contributed by atoms with van der Waals surface area (Å²) < 4.78 is 5.79. The molecule has 0 aromatic heterocycles. The van der Waals surface area contributed by atoms with E-state index in [9.17, 15) is 14.7 Å². The molecule has 34 heavy (non-hydrogen) atoms. The fourth-order valence-electron chi connectivity index (χ4n) is 4.21. The molecule has 1 aliphatic rings. The highest BCUT2D eigenvalue weighted by atomic mass is 16.5. The number of likely N-dealkylation sites (N-methyl/N-ethyl adjacent to an activating group) is 1. The van der Waals surface area contributed by atoms with Crippen molar-refractivity contribution in [1.82, 2.24) is 9.80 Å². The van der Waals surface area contributed by atoms with Gasteiger partial charge in [0.2, 0.25) is 5.91 Å². The number of ether oxygens (including phenoxy) is 1. The van der Waals surface area contributed by atoms with E-state index >= 15 is 0 Å². The Kier molecular flexibility index (Phi) is 7.57. The predicted octanol–water partition coefficient (Wildman–Crippen LogP) is 4.32. The van der Waals surface area contributed by atoms with E-state index in [0.29, 0.717) is 17.9 Å². The third kappa shape index (κ3) is 6.21. The van der Waals surface area contributed by atoms with Crippen LogP contribution in [0.5, 0.6) is 11.5 Å². The van der Waals surface area contributed by atoms with Gasteiger partial charge in [0, 0.05) is 31.4 Å². The summed E-state index contributed by atoms with van der Waals surface area (Å²) >= 11 is 0. The van der Waals surface area contributed by atoms with Gasteiger partial charge >= 0.3 is 5.97 Å². The Balaban J connectivity index is 1.25. The van der Waals surface area contributed by atoms with Crippen molar-refractivity contribution in [3.8, 4) is 11.5 Å². The molecule has 4 rings (SSSR count). The van der Waals surface area contributed by atoms with Crippen LogP contribution in [0.1, 0.15) is 22.3 Å². The van der Waals surface area contributed by atoms with Gasteiger partial charge in [-0.25, -0.2) is 4.79 Å². The summed E-state index contributed by atoms with van der Waals surface area (Å²) in [7, 11) is 1.95. The number of hydrogen-bond donors (Lipinski definition) is 2. The van der Waals surface area contributed by atoms with Crippen molar-refractivity contribution in [2.75, 3.05) is 32.0 Å². The Morgan fingerprint density at radius 1 is 1.00 bits per heavy atom. The van der Waals surface area contributed by atoms with Gasteiger partial charge < -0.3 is 15.2 Å². The van der Waals surface area contributed by atoms with Crippen molar-refractivity contribution < 1.29 is 19.4 Å². The van der Waals surface area contributed by atoms with Crippen LogP contribution in [-0.2, 0) is 11.3 Å². The van der Waals surface area contributed by atoms with Crippen molar-refractivity contribution >= 4 is 17.6 Å². The summed E-state index contributed by atoms with van der Waals surface area (Å²) in [5.74, 6) is 0.489. The first-order chi connectivity index (χ1) is 16.5. The van der Waals surface area contributed by atoms with Crippen LogP contribution in [0, 0.1) is 0 Å². The third-order valence-electron chi connectivity index (χ3n) is 6.02.